The molecule has 0 radical (unpaired) electrons. The minimum absolute atomic E-state index is 0.170. The van der Waals surface area contributed by atoms with E-state index in [0.717, 1.165) is 17.8 Å². The maximum atomic E-state index is 13.4. The Labute approximate surface area is 156 Å². The lowest BCUT2D eigenvalue weighted by atomic mass is 10.2. The number of carbonyl (C=O) groups excluding carboxylic acids is 1. The summed E-state index contributed by atoms with van der Waals surface area (Å²) in [5, 5.41) is 4.22. The predicted molar refractivity (Wildman–Crippen MR) is 98.7 cm³/mol. The number of aromatic nitrogens is 2. The van der Waals surface area contributed by atoms with Crippen LogP contribution in [0.2, 0.25) is 0 Å². The van der Waals surface area contributed by atoms with Gasteiger partial charge in [-0.3, -0.25) is 4.79 Å². The van der Waals surface area contributed by atoms with Crippen LogP contribution in [-0.2, 0) is 16.4 Å². The quantitative estimate of drug-likeness (QED) is 0.730. The van der Waals surface area contributed by atoms with Crippen molar-refractivity contribution in [2.75, 3.05) is 0 Å². The standard InChI is InChI=1S/C19H18FN3O3S/c1-3-18-16(12-21-23(18)14-7-5-4-6-8-14)19(24)22-27(25,26)15-9-10-17(20)13(2)11-15/h4-12H,3H2,1-2H3,(H,22,24). The fraction of sp³-hybridized carbons (Fsp3) is 0.158. The lowest BCUT2D eigenvalue weighted by Crippen LogP contribution is -2.31. The van der Waals surface area contributed by atoms with Gasteiger partial charge in [-0.05, 0) is 49.2 Å². The monoisotopic (exact) mass is 387 g/mol. The molecule has 140 valence electrons. The molecular formula is C19H18FN3O3S. The molecule has 1 amide bonds. The maximum absolute atomic E-state index is 13.4. The van der Waals surface area contributed by atoms with Crippen LogP contribution in [0.1, 0.15) is 28.5 Å². The van der Waals surface area contributed by atoms with Gasteiger partial charge < -0.3 is 0 Å². The number of halogens is 1. The number of sulfonamides is 1. The number of benzene rings is 2. The van der Waals surface area contributed by atoms with Crippen LogP contribution in [0, 0.1) is 12.7 Å². The summed E-state index contributed by atoms with van der Waals surface area (Å²) in [5.41, 5.74) is 1.70. The Morgan fingerprint density at radius 1 is 1.19 bits per heavy atom. The number of nitrogens with zero attached hydrogens (tertiary/aromatic N) is 2. The molecule has 6 nitrogen and oxygen atoms in total. The summed E-state index contributed by atoms with van der Waals surface area (Å²) in [7, 11) is -4.13. The number of nitrogens with one attached hydrogen (secondary N) is 1. The second-order valence-electron chi connectivity index (χ2n) is 5.95. The van der Waals surface area contributed by atoms with Crippen molar-refractivity contribution >= 4 is 15.9 Å². The molecule has 0 bridgehead atoms. The van der Waals surface area contributed by atoms with Crippen molar-refractivity contribution in [2.45, 2.75) is 25.2 Å². The highest BCUT2D eigenvalue weighted by Crippen LogP contribution is 2.18. The Balaban J connectivity index is 1.92. The second kappa shape index (κ2) is 7.32. The van der Waals surface area contributed by atoms with E-state index in [4.69, 9.17) is 0 Å². The summed E-state index contributed by atoms with van der Waals surface area (Å²) in [6.07, 6.45) is 1.82. The van der Waals surface area contributed by atoms with Crippen LogP contribution in [-0.4, -0.2) is 24.1 Å². The van der Waals surface area contributed by atoms with E-state index in [-0.39, 0.29) is 16.0 Å². The lowest BCUT2D eigenvalue weighted by molar-refractivity contribution is 0.0980. The first-order valence-corrected chi connectivity index (χ1v) is 9.77. The number of hydrogen-bond acceptors (Lipinski definition) is 4. The first-order chi connectivity index (χ1) is 12.8. The van der Waals surface area contributed by atoms with Crippen molar-refractivity contribution in [3.8, 4) is 5.69 Å². The SMILES string of the molecule is CCc1c(C(=O)NS(=O)(=O)c2ccc(F)c(C)c2)cnn1-c1ccccc1. The molecule has 0 spiro atoms. The Hall–Kier alpha value is -3.00. The van der Waals surface area contributed by atoms with Crippen LogP contribution in [0.3, 0.4) is 0 Å². The summed E-state index contributed by atoms with van der Waals surface area (Å²) in [6.45, 7) is 3.31. The Morgan fingerprint density at radius 3 is 2.52 bits per heavy atom. The number of carbonyl (C=O) groups is 1. The average Bonchev–Trinajstić information content (AvgIpc) is 3.08. The van der Waals surface area contributed by atoms with Crippen molar-refractivity contribution in [1.82, 2.24) is 14.5 Å². The molecule has 1 N–H and O–H groups in total. The number of rotatable bonds is 5. The third-order valence-corrected chi connectivity index (χ3v) is 5.44. The predicted octanol–water partition coefficient (Wildman–Crippen LogP) is 3.00. The van der Waals surface area contributed by atoms with E-state index in [0.29, 0.717) is 12.1 Å². The molecule has 27 heavy (non-hydrogen) atoms. The molecule has 2 aromatic carbocycles. The minimum Gasteiger partial charge on any atom is -0.268 e. The van der Waals surface area contributed by atoms with Gasteiger partial charge in [0.25, 0.3) is 15.9 Å². The summed E-state index contributed by atoms with van der Waals surface area (Å²) < 4.78 is 42.0. The summed E-state index contributed by atoms with van der Waals surface area (Å²) in [4.78, 5) is 12.4. The molecule has 0 fully saturated rings. The normalized spacial score (nSPS) is 11.4. The highest BCUT2D eigenvalue weighted by Gasteiger charge is 2.23. The smallest absolute Gasteiger partial charge is 0.268 e. The Bertz CT molecular complexity index is 1090. The van der Waals surface area contributed by atoms with E-state index in [2.05, 4.69) is 5.10 Å². The molecule has 0 aliphatic heterocycles. The van der Waals surface area contributed by atoms with E-state index in [9.17, 15) is 17.6 Å². The molecule has 0 aliphatic rings. The van der Waals surface area contributed by atoms with Gasteiger partial charge in [-0.25, -0.2) is 22.2 Å². The molecule has 3 aromatic rings. The van der Waals surface area contributed by atoms with Gasteiger partial charge in [0.2, 0.25) is 0 Å². The molecule has 0 saturated carbocycles. The lowest BCUT2D eigenvalue weighted by Gasteiger charge is -2.10. The third kappa shape index (κ3) is 3.75. The van der Waals surface area contributed by atoms with Crippen LogP contribution < -0.4 is 4.72 Å². The summed E-state index contributed by atoms with van der Waals surface area (Å²) >= 11 is 0. The van der Waals surface area contributed by atoms with E-state index < -0.39 is 21.7 Å². The van der Waals surface area contributed by atoms with Gasteiger partial charge in [0.05, 0.1) is 28.0 Å². The van der Waals surface area contributed by atoms with Crippen molar-refractivity contribution in [1.29, 1.82) is 0 Å². The number of hydrogen-bond donors (Lipinski definition) is 1. The fourth-order valence-electron chi connectivity index (χ4n) is 2.72. The second-order valence-corrected chi connectivity index (χ2v) is 7.63. The van der Waals surface area contributed by atoms with Gasteiger partial charge in [0.1, 0.15) is 5.82 Å². The van der Waals surface area contributed by atoms with Crippen LogP contribution >= 0.6 is 0 Å². The zero-order chi connectivity index (χ0) is 19.6. The molecule has 0 aliphatic carbocycles. The highest BCUT2D eigenvalue weighted by atomic mass is 32.2. The number of aryl methyl sites for hydroxylation is 1. The van der Waals surface area contributed by atoms with Crippen molar-refractivity contribution < 1.29 is 17.6 Å². The van der Waals surface area contributed by atoms with Gasteiger partial charge in [-0.15, -0.1) is 0 Å². The van der Waals surface area contributed by atoms with Crippen LogP contribution in [0.15, 0.2) is 59.6 Å². The van der Waals surface area contributed by atoms with E-state index >= 15 is 0 Å². The third-order valence-electron chi connectivity index (χ3n) is 4.12. The first-order valence-electron chi connectivity index (χ1n) is 8.29. The van der Waals surface area contributed by atoms with Crippen molar-refractivity contribution in [3.63, 3.8) is 0 Å². The molecule has 3 rings (SSSR count). The molecule has 1 aromatic heterocycles. The van der Waals surface area contributed by atoms with Crippen LogP contribution in [0.5, 0.6) is 0 Å². The van der Waals surface area contributed by atoms with Crippen LogP contribution in [0.4, 0.5) is 4.39 Å². The Morgan fingerprint density at radius 2 is 1.89 bits per heavy atom. The van der Waals surface area contributed by atoms with E-state index in [1.807, 2.05) is 42.0 Å². The van der Waals surface area contributed by atoms with E-state index in [1.54, 1.807) is 4.68 Å². The molecule has 1 heterocycles. The van der Waals surface area contributed by atoms with Gasteiger partial charge in [0.15, 0.2) is 0 Å². The Kier molecular flexibility index (Phi) is 5.09. The largest absolute Gasteiger partial charge is 0.268 e. The van der Waals surface area contributed by atoms with Gasteiger partial charge >= 0.3 is 0 Å². The molecule has 0 saturated heterocycles. The summed E-state index contributed by atoms with van der Waals surface area (Å²) in [6, 6.07) is 12.6. The minimum atomic E-state index is -4.13. The maximum Gasteiger partial charge on any atom is 0.268 e. The van der Waals surface area contributed by atoms with Gasteiger partial charge in [-0.2, -0.15) is 5.10 Å². The highest BCUT2D eigenvalue weighted by molar-refractivity contribution is 7.90. The molecule has 8 heteroatoms. The first kappa shape index (κ1) is 18.8. The molecular weight excluding hydrogens is 369 g/mol. The van der Waals surface area contributed by atoms with Crippen molar-refractivity contribution in [3.05, 3.63) is 77.4 Å². The van der Waals surface area contributed by atoms with E-state index in [1.165, 1.54) is 19.2 Å². The number of para-hydroxylation sites is 1. The summed E-state index contributed by atoms with van der Waals surface area (Å²) in [5.74, 6) is -1.30. The zero-order valence-electron chi connectivity index (χ0n) is 14.8. The zero-order valence-corrected chi connectivity index (χ0v) is 15.6. The molecule has 0 unspecified atom stereocenters. The number of amides is 1. The fourth-order valence-corrected chi connectivity index (χ4v) is 3.77. The van der Waals surface area contributed by atoms with Gasteiger partial charge in [0, 0.05) is 0 Å². The van der Waals surface area contributed by atoms with Crippen LogP contribution in [0.25, 0.3) is 5.69 Å². The van der Waals surface area contributed by atoms with Gasteiger partial charge in [-0.1, -0.05) is 25.1 Å². The average molecular weight is 387 g/mol. The topological polar surface area (TPSA) is 81.1 Å². The van der Waals surface area contributed by atoms with Crippen molar-refractivity contribution in [2.24, 2.45) is 0 Å². The molecule has 0 atom stereocenters.